The standard InChI is InChI=1S/C23H22F2N2O/c24-18-9-10-21(22(25)16-18)23(27-13-11-26-12-14-27)17-5-4-8-20(15-17)28-19-6-2-1-3-7-19/h1-10,15-16,23,26H,11-14H2. The van der Waals surface area contributed by atoms with Crippen LogP contribution in [0.3, 0.4) is 0 Å². The van der Waals surface area contributed by atoms with E-state index < -0.39 is 11.6 Å². The highest BCUT2D eigenvalue weighted by Gasteiger charge is 2.26. The van der Waals surface area contributed by atoms with Crippen molar-refractivity contribution in [2.75, 3.05) is 26.2 Å². The van der Waals surface area contributed by atoms with Gasteiger partial charge < -0.3 is 10.1 Å². The zero-order chi connectivity index (χ0) is 19.3. The highest BCUT2D eigenvalue weighted by Crippen LogP contribution is 2.33. The minimum atomic E-state index is -0.568. The second kappa shape index (κ2) is 8.50. The number of hydrogen-bond acceptors (Lipinski definition) is 3. The molecule has 5 heteroatoms. The first-order chi connectivity index (χ1) is 13.7. The predicted molar refractivity (Wildman–Crippen MR) is 106 cm³/mol. The van der Waals surface area contributed by atoms with Crippen LogP contribution in [0.2, 0.25) is 0 Å². The third-order valence-electron chi connectivity index (χ3n) is 4.93. The van der Waals surface area contributed by atoms with E-state index in [4.69, 9.17) is 4.74 Å². The van der Waals surface area contributed by atoms with E-state index in [9.17, 15) is 8.78 Å². The van der Waals surface area contributed by atoms with Gasteiger partial charge in [-0.25, -0.2) is 8.78 Å². The largest absolute Gasteiger partial charge is 0.457 e. The van der Waals surface area contributed by atoms with Gasteiger partial charge >= 0.3 is 0 Å². The van der Waals surface area contributed by atoms with Crippen LogP contribution >= 0.6 is 0 Å². The van der Waals surface area contributed by atoms with Gasteiger partial charge in [0.2, 0.25) is 0 Å². The van der Waals surface area contributed by atoms with Crippen molar-refractivity contribution in [2.45, 2.75) is 6.04 Å². The molecule has 0 spiro atoms. The molecule has 0 radical (unpaired) electrons. The van der Waals surface area contributed by atoms with E-state index >= 15 is 0 Å². The van der Waals surface area contributed by atoms with E-state index in [-0.39, 0.29) is 6.04 Å². The lowest BCUT2D eigenvalue weighted by atomic mass is 9.95. The molecule has 0 bridgehead atoms. The summed E-state index contributed by atoms with van der Waals surface area (Å²) in [7, 11) is 0. The first-order valence-corrected chi connectivity index (χ1v) is 9.43. The molecule has 1 aliphatic heterocycles. The molecule has 1 heterocycles. The molecule has 1 aliphatic rings. The lowest BCUT2D eigenvalue weighted by Crippen LogP contribution is -2.45. The van der Waals surface area contributed by atoms with Gasteiger partial charge in [-0.3, -0.25) is 4.90 Å². The maximum absolute atomic E-state index is 14.7. The Morgan fingerprint density at radius 2 is 1.57 bits per heavy atom. The molecule has 3 nitrogen and oxygen atoms in total. The minimum absolute atomic E-state index is 0.304. The lowest BCUT2D eigenvalue weighted by Gasteiger charge is -2.35. The lowest BCUT2D eigenvalue weighted by molar-refractivity contribution is 0.195. The van der Waals surface area contributed by atoms with Crippen molar-refractivity contribution in [2.24, 2.45) is 0 Å². The van der Waals surface area contributed by atoms with Crippen molar-refractivity contribution in [3.63, 3.8) is 0 Å². The molecule has 28 heavy (non-hydrogen) atoms. The van der Waals surface area contributed by atoms with Crippen LogP contribution in [-0.2, 0) is 0 Å². The van der Waals surface area contributed by atoms with Gasteiger partial charge in [0.25, 0.3) is 0 Å². The summed E-state index contributed by atoms with van der Waals surface area (Å²) < 4.78 is 34.1. The van der Waals surface area contributed by atoms with E-state index in [1.807, 2.05) is 54.6 Å². The van der Waals surface area contributed by atoms with Crippen LogP contribution in [0.4, 0.5) is 8.78 Å². The summed E-state index contributed by atoms with van der Waals surface area (Å²) in [5, 5.41) is 3.32. The number of nitrogens with one attached hydrogen (secondary N) is 1. The molecule has 3 aromatic rings. The van der Waals surface area contributed by atoms with E-state index in [1.54, 1.807) is 6.07 Å². The molecule has 1 atom stereocenters. The van der Waals surface area contributed by atoms with Crippen molar-refractivity contribution < 1.29 is 13.5 Å². The molecule has 3 aromatic carbocycles. The van der Waals surface area contributed by atoms with Gasteiger partial charge in [0.1, 0.15) is 23.1 Å². The number of ether oxygens (including phenoxy) is 1. The van der Waals surface area contributed by atoms with Crippen LogP contribution in [0.5, 0.6) is 11.5 Å². The third-order valence-corrected chi connectivity index (χ3v) is 4.93. The number of para-hydroxylation sites is 1. The second-order valence-corrected chi connectivity index (χ2v) is 6.84. The average Bonchev–Trinajstić information content (AvgIpc) is 2.72. The summed E-state index contributed by atoms with van der Waals surface area (Å²) >= 11 is 0. The van der Waals surface area contributed by atoms with Gasteiger partial charge in [0.05, 0.1) is 6.04 Å². The Bertz CT molecular complexity index is 927. The SMILES string of the molecule is Fc1ccc(C(c2cccc(Oc3ccccc3)c2)N2CCNCC2)c(F)c1. The first kappa shape index (κ1) is 18.6. The Kier molecular flexibility index (Phi) is 5.65. The van der Waals surface area contributed by atoms with Crippen LogP contribution in [-0.4, -0.2) is 31.1 Å². The van der Waals surface area contributed by atoms with E-state index in [0.717, 1.165) is 43.6 Å². The third kappa shape index (κ3) is 4.21. The number of piperazine rings is 1. The summed E-state index contributed by atoms with van der Waals surface area (Å²) in [6.45, 7) is 3.23. The highest BCUT2D eigenvalue weighted by atomic mass is 19.1. The maximum Gasteiger partial charge on any atom is 0.131 e. The van der Waals surface area contributed by atoms with Crippen LogP contribution < -0.4 is 10.1 Å². The highest BCUT2D eigenvalue weighted by molar-refractivity contribution is 5.39. The quantitative estimate of drug-likeness (QED) is 0.691. The van der Waals surface area contributed by atoms with Gasteiger partial charge in [0, 0.05) is 37.8 Å². The van der Waals surface area contributed by atoms with Gasteiger partial charge in [-0.15, -0.1) is 0 Å². The van der Waals surface area contributed by atoms with Crippen molar-refractivity contribution in [1.29, 1.82) is 0 Å². The number of rotatable bonds is 5. The van der Waals surface area contributed by atoms with Crippen molar-refractivity contribution >= 4 is 0 Å². The fourth-order valence-corrected chi connectivity index (χ4v) is 3.62. The maximum atomic E-state index is 14.7. The minimum Gasteiger partial charge on any atom is -0.457 e. The van der Waals surface area contributed by atoms with Crippen LogP contribution in [0.1, 0.15) is 17.2 Å². The van der Waals surface area contributed by atoms with Crippen molar-refractivity contribution in [1.82, 2.24) is 10.2 Å². The molecule has 1 N–H and O–H groups in total. The van der Waals surface area contributed by atoms with Crippen LogP contribution in [0.15, 0.2) is 72.8 Å². The van der Waals surface area contributed by atoms with E-state index in [0.29, 0.717) is 11.3 Å². The Labute approximate surface area is 163 Å². The first-order valence-electron chi connectivity index (χ1n) is 9.43. The smallest absolute Gasteiger partial charge is 0.131 e. The molecule has 1 saturated heterocycles. The zero-order valence-corrected chi connectivity index (χ0v) is 15.4. The van der Waals surface area contributed by atoms with Crippen LogP contribution in [0.25, 0.3) is 0 Å². The van der Waals surface area contributed by atoms with E-state index in [1.165, 1.54) is 6.07 Å². The van der Waals surface area contributed by atoms with Crippen molar-refractivity contribution in [3.05, 3.63) is 95.6 Å². The van der Waals surface area contributed by atoms with Crippen molar-refractivity contribution in [3.8, 4) is 11.5 Å². The molecule has 0 aliphatic carbocycles. The normalized spacial score (nSPS) is 15.9. The molecular formula is C23H22F2N2O. The Balaban J connectivity index is 1.70. The molecule has 0 saturated carbocycles. The number of halogens is 2. The molecule has 1 fully saturated rings. The molecule has 0 aromatic heterocycles. The van der Waals surface area contributed by atoms with Gasteiger partial charge in [-0.1, -0.05) is 36.4 Å². The summed E-state index contributed by atoms with van der Waals surface area (Å²) in [5.41, 5.74) is 1.39. The molecule has 4 rings (SSSR count). The Morgan fingerprint density at radius 1 is 0.821 bits per heavy atom. The van der Waals surface area contributed by atoms with Crippen LogP contribution in [0, 0.1) is 11.6 Å². The fourth-order valence-electron chi connectivity index (χ4n) is 3.62. The summed E-state index contributed by atoms with van der Waals surface area (Å²) in [5.74, 6) is 0.331. The molecule has 0 amide bonds. The fraction of sp³-hybridized carbons (Fsp3) is 0.217. The topological polar surface area (TPSA) is 24.5 Å². The van der Waals surface area contributed by atoms with E-state index in [2.05, 4.69) is 10.2 Å². The predicted octanol–water partition coefficient (Wildman–Crippen LogP) is 4.75. The summed E-state index contributed by atoms with van der Waals surface area (Å²) in [6, 6.07) is 20.7. The summed E-state index contributed by atoms with van der Waals surface area (Å²) in [4.78, 5) is 2.22. The second-order valence-electron chi connectivity index (χ2n) is 6.84. The molecular weight excluding hydrogens is 358 g/mol. The molecule has 1 unspecified atom stereocenters. The average molecular weight is 380 g/mol. The summed E-state index contributed by atoms with van der Waals surface area (Å²) in [6.07, 6.45) is 0. The van der Waals surface area contributed by atoms with Gasteiger partial charge in [0.15, 0.2) is 0 Å². The number of benzene rings is 3. The van der Waals surface area contributed by atoms with Gasteiger partial charge in [-0.2, -0.15) is 0 Å². The number of hydrogen-bond donors (Lipinski definition) is 1. The monoisotopic (exact) mass is 380 g/mol. The zero-order valence-electron chi connectivity index (χ0n) is 15.4. The Hall–Kier alpha value is -2.76. The number of nitrogens with zero attached hydrogens (tertiary/aromatic N) is 1. The van der Waals surface area contributed by atoms with Gasteiger partial charge in [-0.05, 0) is 35.9 Å². The molecule has 144 valence electrons. The Morgan fingerprint density at radius 3 is 2.32 bits per heavy atom.